The number of nitrogens with one attached hydrogen (secondary N) is 1. The van der Waals surface area contributed by atoms with Crippen molar-refractivity contribution in [2.45, 2.75) is 18.9 Å². The van der Waals surface area contributed by atoms with Gasteiger partial charge in [-0.15, -0.1) is 0 Å². The van der Waals surface area contributed by atoms with Gasteiger partial charge in [-0.3, -0.25) is 14.5 Å². The topological polar surface area (TPSA) is 114 Å². The molecule has 8 nitrogen and oxygen atoms in total. The molecule has 10 heteroatoms. The SMILES string of the molecule is CN1C(=O)CC(C)(c2cc(NC(=O)c3ncc(Br)cn3)ccc2F)N=C1N. The minimum atomic E-state index is -1.17. The summed E-state index contributed by atoms with van der Waals surface area (Å²) < 4.78 is 15.1. The molecule has 1 unspecified atom stereocenters. The zero-order valence-corrected chi connectivity index (χ0v) is 16.1. The maximum atomic E-state index is 14.5. The van der Waals surface area contributed by atoms with Crippen LogP contribution in [0.2, 0.25) is 0 Å². The predicted molar refractivity (Wildman–Crippen MR) is 100 cm³/mol. The number of amides is 2. The fourth-order valence-corrected chi connectivity index (χ4v) is 2.90. The number of benzene rings is 1. The van der Waals surface area contributed by atoms with Crippen LogP contribution in [0.4, 0.5) is 10.1 Å². The highest BCUT2D eigenvalue weighted by Gasteiger charge is 2.38. The monoisotopic (exact) mass is 434 g/mol. The third kappa shape index (κ3) is 3.80. The molecule has 0 spiro atoms. The lowest BCUT2D eigenvalue weighted by Gasteiger charge is -2.34. The van der Waals surface area contributed by atoms with Gasteiger partial charge >= 0.3 is 0 Å². The predicted octanol–water partition coefficient (Wildman–Crippen LogP) is 2.02. The smallest absolute Gasteiger partial charge is 0.293 e. The summed E-state index contributed by atoms with van der Waals surface area (Å²) in [5.74, 6) is -1.41. The highest BCUT2D eigenvalue weighted by molar-refractivity contribution is 9.10. The molecular weight excluding hydrogens is 419 g/mol. The van der Waals surface area contributed by atoms with Gasteiger partial charge in [-0.25, -0.2) is 19.4 Å². The number of carbonyl (C=O) groups excluding carboxylic acids is 2. The third-order valence-corrected chi connectivity index (χ3v) is 4.61. The molecule has 2 amide bonds. The number of rotatable bonds is 3. The Hall–Kier alpha value is -2.88. The number of nitrogens with two attached hydrogens (primary N) is 1. The first-order chi connectivity index (χ1) is 12.7. The van der Waals surface area contributed by atoms with Crippen LogP contribution < -0.4 is 11.1 Å². The molecule has 3 N–H and O–H groups in total. The number of aliphatic imine (C=N–C) groups is 1. The number of anilines is 1. The van der Waals surface area contributed by atoms with E-state index in [-0.39, 0.29) is 29.7 Å². The fraction of sp³-hybridized carbons (Fsp3) is 0.235. The van der Waals surface area contributed by atoms with Crippen molar-refractivity contribution in [3.8, 4) is 0 Å². The summed E-state index contributed by atoms with van der Waals surface area (Å²) in [6.45, 7) is 1.62. The van der Waals surface area contributed by atoms with Crippen molar-refractivity contribution in [3.05, 3.63) is 52.3 Å². The average Bonchev–Trinajstić information content (AvgIpc) is 2.61. The molecule has 1 aliphatic heterocycles. The lowest BCUT2D eigenvalue weighted by Crippen LogP contribution is -2.47. The summed E-state index contributed by atoms with van der Waals surface area (Å²) in [7, 11) is 1.51. The molecule has 2 heterocycles. The van der Waals surface area contributed by atoms with Crippen LogP contribution >= 0.6 is 15.9 Å². The van der Waals surface area contributed by atoms with Gasteiger partial charge in [0, 0.05) is 30.7 Å². The molecule has 1 aliphatic rings. The Morgan fingerprint density at radius 3 is 2.67 bits per heavy atom. The van der Waals surface area contributed by atoms with Crippen molar-refractivity contribution in [3.63, 3.8) is 0 Å². The summed E-state index contributed by atoms with van der Waals surface area (Å²) in [5, 5.41) is 2.61. The molecule has 0 radical (unpaired) electrons. The van der Waals surface area contributed by atoms with Crippen LogP contribution in [0.3, 0.4) is 0 Å². The van der Waals surface area contributed by atoms with Gasteiger partial charge in [0.05, 0.1) is 16.4 Å². The molecule has 27 heavy (non-hydrogen) atoms. The lowest BCUT2D eigenvalue weighted by atomic mass is 9.87. The largest absolute Gasteiger partial charge is 0.369 e. The van der Waals surface area contributed by atoms with Crippen LogP contribution in [-0.2, 0) is 10.3 Å². The summed E-state index contributed by atoms with van der Waals surface area (Å²) in [5.41, 5.74) is 5.08. The molecule has 1 aromatic carbocycles. The highest BCUT2D eigenvalue weighted by Crippen LogP contribution is 2.35. The second-order valence-electron chi connectivity index (χ2n) is 6.25. The molecule has 0 fully saturated rings. The van der Waals surface area contributed by atoms with Crippen molar-refractivity contribution in [1.82, 2.24) is 14.9 Å². The van der Waals surface area contributed by atoms with Crippen LogP contribution in [0.1, 0.15) is 29.5 Å². The third-order valence-electron chi connectivity index (χ3n) is 4.20. The number of hydrogen-bond acceptors (Lipinski definition) is 6. The Kier molecular flexibility index (Phi) is 4.92. The molecule has 0 aliphatic carbocycles. The van der Waals surface area contributed by atoms with Crippen LogP contribution in [-0.4, -0.2) is 39.7 Å². The van der Waals surface area contributed by atoms with Crippen LogP contribution in [0.15, 0.2) is 40.1 Å². The number of guanidine groups is 1. The zero-order valence-electron chi connectivity index (χ0n) is 14.5. The standard InChI is InChI=1S/C17H16BrFN6O2/c1-17(6-13(26)25(2)16(20)24-17)11-5-10(3-4-12(11)19)23-15(27)14-21-7-9(18)8-22-14/h3-5,7-8H,6H2,1-2H3,(H2,20,24)(H,23,27). The molecular formula is C17H16BrFN6O2. The first-order valence-corrected chi connectivity index (χ1v) is 8.70. The van der Waals surface area contributed by atoms with Gasteiger partial charge in [0.1, 0.15) is 5.82 Å². The fourth-order valence-electron chi connectivity index (χ4n) is 2.70. The first-order valence-electron chi connectivity index (χ1n) is 7.90. The minimum absolute atomic E-state index is 0.00542. The van der Waals surface area contributed by atoms with Gasteiger partial charge in [0.25, 0.3) is 5.91 Å². The van der Waals surface area contributed by atoms with Gasteiger partial charge in [-0.2, -0.15) is 0 Å². The Morgan fingerprint density at radius 2 is 2.04 bits per heavy atom. The van der Waals surface area contributed by atoms with E-state index in [1.165, 1.54) is 42.5 Å². The Bertz CT molecular complexity index is 949. The minimum Gasteiger partial charge on any atom is -0.369 e. The van der Waals surface area contributed by atoms with E-state index < -0.39 is 17.3 Å². The molecule has 140 valence electrons. The Labute approximate surface area is 162 Å². The average molecular weight is 435 g/mol. The molecule has 0 bridgehead atoms. The number of carbonyl (C=O) groups is 2. The van der Waals surface area contributed by atoms with Gasteiger partial charge in [0.2, 0.25) is 11.7 Å². The summed E-state index contributed by atoms with van der Waals surface area (Å²) in [6, 6.07) is 4.04. The summed E-state index contributed by atoms with van der Waals surface area (Å²) in [6.07, 6.45) is 2.84. The van der Waals surface area contributed by atoms with Crippen LogP contribution in [0.25, 0.3) is 0 Å². The van der Waals surface area contributed by atoms with Gasteiger partial charge in [-0.1, -0.05) is 0 Å². The first kappa shape index (κ1) is 18.9. The molecule has 1 atom stereocenters. The highest BCUT2D eigenvalue weighted by atomic mass is 79.9. The number of hydrogen-bond donors (Lipinski definition) is 2. The van der Waals surface area contributed by atoms with Crippen molar-refractivity contribution in [2.75, 3.05) is 12.4 Å². The van der Waals surface area contributed by atoms with Crippen molar-refractivity contribution in [1.29, 1.82) is 0 Å². The second kappa shape index (κ2) is 7.03. The lowest BCUT2D eigenvalue weighted by molar-refractivity contribution is -0.128. The summed E-state index contributed by atoms with van der Waals surface area (Å²) >= 11 is 3.19. The van der Waals surface area contributed by atoms with E-state index in [0.717, 1.165) is 0 Å². The van der Waals surface area contributed by atoms with E-state index in [0.29, 0.717) is 10.2 Å². The quantitative estimate of drug-likeness (QED) is 0.766. The van der Waals surface area contributed by atoms with Crippen LogP contribution in [0.5, 0.6) is 0 Å². The van der Waals surface area contributed by atoms with Crippen molar-refractivity contribution < 1.29 is 14.0 Å². The number of aromatic nitrogens is 2. The van der Waals surface area contributed by atoms with E-state index in [1.54, 1.807) is 6.92 Å². The van der Waals surface area contributed by atoms with E-state index in [4.69, 9.17) is 5.73 Å². The molecule has 2 aromatic rings. The van der Waals surface area contributed by atoms with E-state index in [2.05, 4.69) is 36.2 Å². The Balaban J connectivity index is 1.92. The maximum absolute atomic E-state index is 14.5. The van der Waals surface area contributed by atoms with Crippen molar-refractivity contribution >= 4 is 39.4 Å². The second-order valence-corrected chi connectivity index (χ2v) is 7.16. The summed E-state index contributed by atoms with van der Waals surface area (Å²) in [4.78, 5) is 37.7. The van der Waals surface area contributed by atoms with E-state index in [1.807, 2.05) is 0 Å². The molecule has 0 saturated carbocycles. The van der Waals surface area contributed by atoms with Gasteiger partial charge < -0.3 is 11.1 Å². The van der Waals surface area contributed by atoms with E-state index in [9.17, 15) is 14.0 Å². The normalized spacial score (nSPS) is 19.6. The maximum Gasteiger partial charge on any atom is 0.293 e. The van der Waals surface area contributed by atoms with Crippen LogP contribution in [0, 0.1) is 5.82 Å². The van der Waals surface area contributed by atoms with Gasteiger partial charge in [0.15, 0.2) is 5.96 Å². The molecule has 0 saturated heterocycles. The zero-order chi connectivity index (χ0) is 19.8. The Morgan fingerprint density at radius 1 is 1.37 bits per heavy atom. The number of halogens is 2. The van der Waals surface area contributed by atoms with Crippen molar-refractivity contribution in [2.24, 2.45) is 10.7 Å². The molecule has 1 aromatic heterocycles. The van der Waals surface area contributed by atoms with E-state index >= 15 is 0 Å². The number of nitrogens with zero attached hydrogens (tertiary/aromatic N) is 4. The molecule has 3 rings (SSSR count). The van der Waals surface area contributed by atoms with Gasteiger partial charge in [-0.05, 0) is 41.1 Å².